The zero-order chi connectivity index (χ0) is 20.2. The molecule has 1 aromatic rings. The van der Waals surface area contributed by atoms with Crippen LogP contribution in [0.15, 0.2) is 24.3 Å². The van der Waals surface area contributed by atoms with Crippen molar-refractivity contribution in [3.63, 3.8) is 0 Å². The monoisotopic (exact) mass is 471 g/mol. The summed E-state index contributed by atoms with van der Waals surface area (Å²) < 4.78 is 5.32. The number of likely N-dealkylation sites (tertiary alicyclic amines) is 1. The van der Waals surface area contributed by atoms with Crippen molar-refractivity contribution in [3.8, 4) is 5.75 Å². The van der Waals surface area contributed by atoms with Gasteiger partial charge in [-0.15, -0.1) is 24.8 Å². The Labute approximate surface area is 199 Å². The molecule has 0 aromatic heterocycles. The van der Waals surface area contributed by atoms with Gasteiger partial charge in [0.25, 0.3) is 0 Å². The Bertz CT molecular complexity index is 668. The number of halogens is 2. The van der Waals surface area contributed by atoms with Gasteiger partial charge in [-0.3, -0.25) is 9.69 Å². The lowest BCUT2D eigenvalue weighted by Crippen LogP contribution is -2.50. The van der Waals surface area contributed by atoms with Crippen LogP contribution in [0.2, 0.25) is 0 Å². The number of fused-ring (bicyclic) bond motifs is 2. The van der Waals surface area contributed by atoms with Gasteiger partial charge in [0, 0.05) is 18.5 Å². The van der Waals surface area contributed by atoms with Crippen molar-refractivity contribution in [3.05, 3.63) is 29.8 Å². The topological polar surface area (TPSA) is 67.6 Å². The summed E-state index contributed by atoms with van der Waals surface area (Å²) >= 11 is 0. The number of nitrogens with one attached hydrogen (secondary N) is 1. The summed E-state index contributed by atoms with van der Waals surface area (Å²) in [5, 5.41) is 3.33. The molecule has 176 valence electrons. The maximum absolute atomic E-state index is 13.1. The van der Waals surface area contributed by atoms with Gasteiger partial charge in [0.05, 0.1) is 13.2 Å². The van der Waals surface area contributed by atoms with Gasteiger partial charge in [-0.1, -0.05) is 25.0 Å². The summed E-state index contributed by atoms with van der Waals surface area (Å²) in [5.41, 5.74) is 7.68. The van der Waals surface area contributed by atoms with Gasteiger partial charge in [0.15, 0.2) is 0 Å². The zero-order valence-corrected chi connectivity index (χ0v) is 20.3. The van der Waals surface area contributed by atoms with Crippen LogP contribution in [0.4, 0.5) is 0 Å². The Morgan fingerprint density at radius 2 is 1.68 bits per heavy atom. The Kier molecular flexibility index (Phi) is 10.4. The molecule has 3 unspecified atom stereocenters. The van der Waals surface area contributed by atoms with Crippen molar-refractivity contribution >= 4 is 30.7 Å². The second-order valence-corrected chi connectivity index (χ2v) is 9.33. The molecule has 1 aliphatic heterocycles. The summed E-state index contributed by atoms with van der Waals surface area (Å²) in [6, 6.07) is 8.89. The van der Waals surface area contributed by atoms with Crippen LogP contribution >= 0.6 is 24.8 Å². The van der Waals surface area contributed by atoms with Crippen molar-refractivity contribution in [1.82, 2.24) is 10.2 Å². The fourth-order valence-electron chi connectivity index (χ4n) is 5.86. The molecular formula is C24H39Cl2N3O2. The third-order valence-electron chi connectivity index (χ3n) is 7.59. The highest BCUT2D eigenvalue weighted by Gasteiger charge is 2.40. The minimum Gasteiger partial charge on any atom is -0.497 e. The molecule has 4 rings (SSSR count). The summed E-state index contributed by atoms with van der Waals surface area (Å²) in [5.74, 6) is 2.34. The number of ether oxygens (including phenoxy) is 1. The minimum atomic E-state index is 0. The lowest BCUT2D eigenvalue weighted by atomic mass is 9.65. The van der Waals surface area contributed by atoms with E-state index in [4.69, 9.17) is 10.5 Å². The summed E-state index contributed by atoms with van der Waals surface area (Å²) in [7, 11) is 1.70. The number of nitrogens with two attached hydrogens (primary N) is 1. The first-order valence-corrected chi connectivity index (χ1v) is 11.6. The number of carbonyl (C=O) groups excluding carboxylic acids is 1. The van der Waals surface area contributed by atoms with Crippen molar-refractivity contribution in [1.29, 1.82) is 0 Å². The third-order valence-corrected chi connectivity index (χ3v) is 7.59. The molecule has 2 bridgehead atoms. The molecule has 1 aromatic carbocycles. The molecule has 3 fully saturated rings. The second-order valence-electron chi connectivity index (χ2n) is 9.33. The third kappa shape index (κ3) is 6.28. The molecule has 2 aliphatic carbocycles. The second kappa shape index (κ2) is 12.3. The fraction of sp³-hybridized carbons (Fsp3) is 0.708. The van der Waals surface area contributed by atoms with Crippen LogP contribution in [0.3, 0.4) is 0 Å². The summed E-state index contributed by atoms with van der Waals surface area (Å²) in [6.07, 6.45) is 9.42. The highest BCUT2D eigenvalue weighted by Crippen LogP contribution is 2.42. The number of amides is 1. The number of benzene rings is 1. The average molecular weight is 473 g/mol. The number of hydrogen-bond acceptors (Lipinski definition) is 4. The molecule has 31 heavy (non-hydrogen) atoms. The van der Waals surface area contributed by atoms with E-state index in [1.54, 1.807) is 7.11 Å². The Morgan fingerprint density at radius 1 is 1.06 bits per heavy atom. The van der Waals surface area contributed by atoms with Crippen LogP contribution in [0.25, 0.3) is 0 Å². The molecule has 1 amide bonds. The summed E-state index contributed by atoms with van der Waals surface area (Å²) in [4.78, 5) is 15.6. The van der Waals surface area contributed by atoms with E-state index >= 15 is 0 Å². The van der Waals surface area contributed by atoms with Gasteiger partial charge >= 0.3 is 0 Å². The maximum atomic E-state index is 13.1. The quantitative estimate of drug-likeness (QED) is 0.647. The van der Waals surface area contributed by atoms with Gasteiger partial charge in [0.2, 0.25) is 5.91 Å². The Hall–Kier alpha value is -1.01. The van der Waals surface area contributed by atoms with Crippen molar-refractivity contribution < 1.29 is 9.53 Å². The van der Waals surface area contributed by atoms with Crippen LogP contribution in [-0.2, 0) is 4.79 Å². The number of methoxy groups -OCH3 is 1. The molecule has 1 heterocycles. The van der Waals surface area contributed by atoms with E-state index in [1.807, 2.05) is 12.1 Å². The van der Waals surface area contributed by atoms with E-state index in [1.165, 1.54) is 44.1 Å². The number of hydrogen-bond donors (Lipinski definition) is 2. The molecule has 7 heteroatoms. The number of piperidine rings is 1. The van der Waals surface area contributed by atoms with E-state index in [0.29, 0.717) is 24.4 Å². The Balaban J connectivity index is 0.00000171. The van der Waals surface area contributed by atoms with E-state index in [2.05, 4.69) is 22.3 Å². The van der Waals surface area contributed by atoms with Gasteiger partial charge in [-0.25, -0.2) is 0 Å². The van der Waals surface area contributed by atoms with Gasteiger partial charge in [-0.2, -0.15) is 0 Å². The molecule has 0 radical (unpaired) electrons. The summed E-state index contributed by atoms with van der Waals surface area (Å²) in [6.45, 7) is 2.90. The van der Waals surface area contributed by atoms with Gasteiger partial charge in [-0.05, 0) is 81.1 Å². The first-order chi connectivity index (χ1) is 14.2. The lowest BCUT2D eigenvalue weighted by Gasteiger charge is -2.43. The van der Waals surface area contributed by atoms with E-state index in [9.17, 15) is 4.79 Å². The smallest absolute Gasteiger partial charge is 0.223 e. The van der Waals surface area contributed by atoms with Crippen molar-refractivity contribution in [2.24, 2.45) is 23.5 Å². The molecule has 1 saturated heterocycles. The molecule has 3 N–H and O–H groups in total. The standard InChI is InChI=1S/C24H37N3O2.2ClH/c1-29-21-10-8-17(9-11-21)22(27-12-3-2-4-13-27)16-26-24(28)20-14-18-6-5-7-19(15-20)23(18)25;;/h8-11,18-20,22-23H,2-7,12-16,25H2,1H3,(H,26,28);2*1H. The molecular weight excluding hydrogens is 433 g/mol. The van der Waals surface area contributed by atoms with E-state index in [-0.39, 0.29) is 42.7 Å². The minimum absolute atomic E-state index is 0. The number of nitrogens with zero attached hydrogens (tertiary/aromatic N) is 1. The van der Waals surface area contributed by atoms with Gasteiger partial charge < -0.3 is 15.8 Å². The number of carbonyl (C=O) groups is 1. The van der Waals surface area contributed by atoms with E-state index < -0.39 is 0 Å². The highest BCUT2D eigenvalue weighted by atomic mass is 35.5. The first-order valence-electron chi connectivity index (χ1n) is 11.6. The Morgan fingerprint density at radius 3 is 2.26 bits per heavy atom. The van der Waals surface area contributed by atoms with Crippen LogP contribution in [0, 0.1) is 17.8 Å². The zero-order valence-electron chi connectivity index (χ0n) is 18.6. The molecule has 3 atom stereocenters. The largest absolute Gasteiger partial charge is 0.497 e. The predicted octanol–water partition coefficient (Wildman–Crippen LogP) is 4.34. The van der Waals surface area contributed by atoms with E-state index in [0.717, 1.165) is 31.7 Å². The fourth-order valence-corrected chi connectivity index (χ4v) is 5.86. The van der Waals surface area contributed by atoms with Gasteiger partial charge in [0.1, 0.15) is 5.75 Å². The molecule has 0 spiro atoms. The van der Waals surface area contributed by atoms with Crippen molar-refractivity contribution in [2.75, 3.05) is 26.7 Å². The van der Waals surface area contributed by atoms with Crippen LogP contribution < -0.4 is 15.8 Å². The maximum Gasteiger partial charge on any atom is 0.223 e. The SMILES string of the molecule is COc1ccc(C(CNC(=O)C2CC3CCCC(C2)C3N)N2CCCCC2)cc1.Cl.Cl. The van der Waals surface area contributed by atoms with Crippen molar-refractivity contribution in [2.45, 2.75) is 63.5 Å². The van der Waals surface area contributed by atoms with Crippen LogP contribution in [0.5, 0.6) is 5.75 Å². The lowest BCUT2D eigenvalue weighted by molar-refractivity contribution is -0.128. The normalized spacial score (nSPS) is 29.1. The van der Waals surface area contributed by atoms with Crippen LogP contribution in [-0.4, -0.2) is 43.6 Å². The number of rotatable bonds is 6. The predicted molar refractivity (Wildman–Crippen MR) is 130 cm³/mol. The molecule has 5 nitrogen and oxygen atoms in total. The van der Waals surface area contributed by atoms with Crippen LogP contribution in [0.1, 0.15) is 63.0 Å². The first kappa shape index (κ1) is 26.2. The highest BCUT2D eigenvalue weighted by molar-refractivity contribution is 5.85. The average Bonchev–Trinajstić information content (AvgIpc) is 2.75. The molecule has 2 saturated carbocycles. The molecule has 3 aliphatic rings.